The smallest absolute Gasteiger partial charge is 0 e. The van der Waals surface area contributed by atoms with Gasteiger partial charge in [0, 0.05) is 21.1 Å². The van der Waals surface area contributed by atoms with Gasteiger partial charge in [0.1, 0.15) is 0 Å². The minimum absolute atomic E-state index is 0. The van der Waals surface area contributed by atoms with Gasteiger partial charge in [0.15, 0.2) is 0 Å². The molecule has 0 aliphatic carbocycles. The molecule has 3 rings (SSSR count). The Morgan fingerprint density at radius 3 is 0.600 bits per heavy atom. The van der Waals surface area contributed by atoms with Gasteiger partial charge in [0.2, 0.25) is 0 Å². The Labute approximate surface area is 261 Å². The van der Waals surface area contributed by atoms with E-state index in [0.29, 0.717) is 0 Å². The van der Waals surface area contributed by atoms with E-state index in [0.717, 1.165) is 17.1 Å². The third kappa shape index (κ3) is 18.2. The summed E-state index contributed by atoms with van der Waals surface area (Å²) in [6.07, 6.45) is 0. The van der Waals surface area contributed by atoms with E-state index in [-0.39, 0.29) is 37.7 Å². The summed E-state index contributed by atoms with van der Waals surface area (Å²) in [7, 11) is 0. The van der Waals surface area contributed by atoms with Gasteiger partial charge in [0.05, 0.1) is 0 Å². The maximum absolute atomic E-state index is 4.61. The van der Waals surface area contributed by atoms with Gasteiger partial charge in [0.25, 0.3) is 0 Å². The van der Waals surface area contributed by atoms with Crippen LogP contribution in [0.1, 0.15) is 95.7 Å². The Balaban J connectivity index is 0.000000563. The molecular formula is C36H54N3W-3. The fraction of sp³-hybridized carbons (Fsp3) is 0.500. The van der Waals surface area contributed by atoms with Gasteiger partial charge in [-0.2, -0.15) is 0 Å². The Bertz CT molecular complexity index is 980. The van der Waals surface area contributed by atoms with Gasteiger partial charge in [-0.25, -0.2) is 0 Å². The molecule has 0 saturated carbocycles. The van der Waals surface area contributed by atoms with Crippen LogP contribution >= 0.6 is 0 Å². The summed E-state index contributed by atoms with van der Waals surface area (Å²) in [6.45, 7) is 31.7. The number of hydrogen-bond acceptors (Lipinski definition) is 0. The molecule has 0 heterocycles. The molecule has 0 aliphatic rings. The first-order chi connectivity index (χ1) is 17.6. The first-order valence-corrected chi connectivity index (χ1v) is 14.0. The van der Waals surface area contributed by atoms with E-state index in [1.54, 1.807) is 0 Å². The number of rotatable bonds is 3. The van der Waals surface area contributed by atoms with Crippen LogP contribution in [0.2, 0.25) is 0 Å². The molecule has 0 fully saturated rings. The Morgan fingerprint density at radius 1 is 0.325 bits per heavy atom. The molecule has 3 aromatic carbocycles. The normalized spacial score (nSPS) is 11.2. The van der Waals surface area contributed by atoms with Crippen LogP contribution in [-0.2, 0) is 21.1 Å². The molecule has 0 saturated heterocycles. The second-order valence-electron chi connectivity index (χ2n) is 13.9. The topological polar surface area (TPSA) is 42.3 Å². The van der Waals surface area contributed by atoms with E-state index < -0.39 is 0 Å². The van der Waals surface area contributed by atoms with Gasteiger partial charge in [-0.05, 0) is 41.5 Å². The summed E-state index contributed by atoms with van der Waals surface area (Å²) in [5.74, 6) is 0. The second-order valence-corrected chi connectivity index (χ2v) is 13.9. The van der Waals surface area contributed by atoms with Crippen molar-refractivity contribution in [3.05, 3.63) is 104 Å². The van der Waals surface area contributed by atoms with E-state index in [9.17, 15) is 0 Å². The molecule has 3 aromatic rings. The Kier molecular flexibility index (Phi) is 14.8. The molecule has 0 aromatic heterocycles. The van der Waals surface area contributed by atoms with Crippen molar-refractivity contribution in [3.63, 3.8) is 0 Å². The predicted octanol–water partition coefficient (Wildman–Crippen LogP) is 12.3. The average Bonchev–Trinajstić information content (AvgIpc) is 2.62. The van der Waals surface area contributed by atoms with Crippen molar-refractivity contribution in [1.82, 2.24) is 0 Å². The van der Waals surface area contributed by atoms with Gasteiger partial charge in [-0.3, -0.25) is 0 Å². The van der Waals surface area contributed by atoms with Crippen LogP contribution in [0.5, 0.6) is 0 Å². The average molecular weight is 713 g/mol. The zero-order chi connectivity index (χ0) is 30.2. The van der Waals surface area contributed by atoms with Gasteiger partial charge < -0.3 is 16.0 Å². The van der Waals surface area contributed by atoms with Crippen LogP contribution in [0.15, 0.2) is 54.6 Å². The van der Waals surface area contributed by atoms with E-state index in [1.807, 2.05) is 0 Å². The van der Waals surface area contributed by atoms with Crippen LogP contribution in [0.3, 0.4) is 0 Å². The molecule has 0 atom stereocenters. The molecule has 0 aliphatic heterocycles. The summed E-state index contributed by atoms with van der Waals surface area (Å²) in [4.78, 5) is 0. The van der Waals surface area contributed by atoms with Crippen molar-refractivity contribution in [2.45, 2.75) is 120 Å². The molecule has 0 unspecified atom stereocenters. The molecule has 0 N–H and O–H groups in total. The number of hydrogen-bond donors (Lipinski definition) is 0. The molecule has 3 nitrogen and oxygen atoms in total. The van der Waals surface area contributed by atoms with Crippen LogP contribution < -0.4 is 0 Å². The second kappa shape index (κ2) is 15.7. The maximum atomic E-state index is 4.61. The van der Waals surface area contributed by atoms with Crippen LogP contribution in [0, 0.1) is 41.5 Å². The Morgan fingerprint density at radius 2 is 0.475 bits per heavy atom. The molecule has 0 spiro atoms. The summed E-state index contributed by atoms with van der Waals surface area (Å²) in [5, 5.41) is 13.8. The van der Waals surface area contributed by atoms with Crippen molar-refractivity contribution in [1.29, 1.82) is 0 Å². The molecule has 0 bridgehead atoms. The number of benzene rings is 3. The summed E-state index contributed by atoms with van der Waals surface area (Å²) in [6, 6.07) is 19.2. The molecule has 4 heteroatoms. The van der Waals surface area contributed by atoms with E-state index in [4.69, 9.17) is 0 Å². The first-order valence-electron chi connectivity index (χ1n) is 14.0. The minimum atomic E-state index is 0. The van der Waals surface area contributed by atoms with Crippen LogP contribution in [0.25, 0.3) is 16.0 Å². The third-order valence-corrected chi connectivity index (χ3v) is 5.01. The molecular weight excluding hydrogens is 658 g/mol. The zero-order valence-electron chi connectivity index (χ0n) is 27.9. The van der Waals surface area contributed by atoms with Gasteiger partial charge in [-0.15, -0.1) is 33.7 Å². The predicted molar refractivity (Wildman–Crippen MR) is 176 cm³/mol. The zero-order valence-corrected chi connectivity index (χ0v) is 30.9. The Hall–Kier alpha value is -2.25. The molecule has 0 radical (unpaired) electrons. The minimum Gasteiger partial charge on any atom is -0.680 e. The number of aryl methyl sites for hydroxylation is 6. The monoisotopic (exact) mass is 712 g/mol. The quantitative estimate of drug-likeness (QED) is 0.259. The summed E-state index contributed by atoms with van der Waals surface area (Å²) >= 11 is 0. The fourth-order valence-corrected chi connectivity index (χ4v) is 4.21. The largest absolute Gasteiger partial charge is 0.680 e. The third-order valence-electron chi connectivity index (χ3n) is 5.01. The van der Waals surface area contributed by atoms with E-state index in [1.165, 1.54) is 33.4 Å². The first kappa shape index (κ1) is 37.7. The van der Waals surface area contributed by atoms with Crippen molar-refractivity contribution in [2.75, 3.05) is 0 Å². The van der Waals surface area contributed by atoms with Gasteiger partial charge >= 0.3 is 0 Å². The van der Waals surface area contributed by atoms with E-state index >= 15 is 0 Å². The standard InChI is InChI=1S/3C12H18N.W/c3*1-9-6-10(2)8-11(7-9)13-12(3,4)5;/h3*6-8H,1-5H3;/q3*-1;. The molecule has 0 amide bonds. The molecule has 222 valence electrons. The van der Waals surface area contributed by atoms with E-state index in [2.05, 4.69) is 174 Å². The van der Waals surface area contributed by atoms with Crippen molar-refractivity contribution in [3.8, 4) is 0 Å². The van der Waals surface area contributed by atoms with Crippen molar-refractivity contribution in [2.24, 2.45) is 0 Å². The van der Waals surface area contributed by atoms with Crippen LogP contribution in [-0.4, -0.2) is 16.6 Å². The van der Waals surface area contributed by atoms with Crippen LogP contribution in [0.4, 0.5) is 17.1 Å². The van der Waals surface area contributed by atoms with Crippen molar-refractivity contribution >= 4 is 17.1 Å². The summed E-state index contributed by atoms with van der Waals surface area (Å²) < 4.78 is 0. The molecule has 40 heavy (non-hydrogen) atoms. The fourth-order valence-electron chi connectivity index (χ4n) is 4.21. The van der Waals surface area contributed by atoms with Gasteiger partial charge in [-0.1, -0.05) is 150 Å². The summed E-state index contributed by atoms with van der Waals surface area (Å²) in [5.41, 5.74) is 11.0. The SMILES string of the molecule is Cc1cc(C)cc([N-]C(C)(C)C)c1.Cc1cc(C)cc([N-]C(C)(C)C)c1.Cc1cc(C)cc([N-]C(C)(C)C)c1.[W]. The number of nitrogens with zero attached hydrogens (tertiary/aromatic N) is 3. The van der Waals surface area contributed by atoms with Crippen molar-refractivity contribution < 1.29 is 21.1 Å². The maximum Gasteiger partial charge on any atom is 0 e.